The van der Waals surface area contributed by atoms with Gasteiger partial charge in [0.25, 0.3) is 0 Å². The van der Waals surface area contributed by atoms with E-state index in [4.69, 9.17) is 9.47 Å². The molecule has 0 aromatic heterocycles. The Bertz CT molecular complexity index is 872. The van der Waals surface area contributed by atoms with Gasteiger partial charge in [0.1, 0.15) is 22.9 Å². The zero-order chi connectivity index (χ0) is 26.7. The van der Waals surface area contributed by atoms with Crippen molar-refractivity contribution < 1.29 is 19.1 Å². The number of fused-ring (bicyclic) bond motifs is 1. The van der Waals surface area contributed by atoms with Crippen LogP contribution in [0.3, 0.4) is 0 Å². The van der Waals surface area contributed by atoms with Crippen molar-refractivity contribution in [2.24, 2.45) is 5.92 Å². The standard InChI is InChI=1S/C32H52O4/c1-8-9-10-11-12-13-14-16-23(2)17-15-21-32(7)22-20-28-27(6)30(25(4)26(5)31(28)36-32)35-29(34)19-18-24(3)33/h23H,8-22H2,1-7H3. The van der Waals surface area contributed by atoms with Crippen molar-refractivity contribution in [1.82, 2.24) is 0 Å². The highest BCUT2D eigenvalue weighted by Gasteiger charge is 2.34. The van der Waals surface area contributed by atoms with Gasteiger partial charge in [-0.3, -0.25) is 4.79 Å². The Morgan fingerprint density at radius 1 is 0.917 bits per heavy atom. The van der Waals surface area contributed by atoms with Crippen LogP contribution in [0.4, 0.5) is 0 Å². The van der Waals surface area contributed by atoms with Gasteiger partial charge >= 0.3 is 5.97 Å². The van der Waals surface area contributed by atoms with Crippen molar-refractivity contribution in [3.63, 3.8) is 0 Å². The van der Waals surface area contributed by atoms with Gasteiger partial charge in [-0.05, 0) is 82.9 Å². The van der Waals surface area contributed by atoms with Crippen molar-refractivity contribution in [2.45, 2.75) is 150 Å². The topological polar surface area (TPSA) is 52.6 Å². The number of ether oxygens (including phenoxy) is 2. The maximum atomic E-state index is 12.3. The number of unbranched alkanes of at least 4 members (excludes halogenated alkanes) is 6. The molecule has 2 rings (SSSR count). The Morgan fingerprint density at radius 2 is 1.56 bits per heavy atom. The van der Waals surface area contributed by atoms with Crippen LogP contribution in [0, 0.1) is 26.7 Å². The van der Waals surface area contributed by atoms with Crippen LogP contribution >= 0.6 is 0 Å². The number of esters is 1. The highest BCUT2D eigenvalue weighted by atomic mass is 16.5. The van der Waals surface area contributed by atoms with Crippen LogP contribution in [-0.4, -0.2) is 17.4 Å². The van der Waals surface area contributed by atoms with Crippen LogP contribution in [0.2, 0.25) is 0 Å². The van der Waals surface area contributed by atoms with E-state index in [-0.39, 0.29) is 30.2 Å². The molecular weight excluding hydrogens is 448 g/mol. The quantitative estimate of drug-likeness (QED) is 0.129. The second-order valence-electron chi connectivity index (χ2n) is 11.6. The molecular formula is C32H52O4. The summed E-state index contributed by atoms with van der Waals surface area (Å²) in [6, 6.07) is 0. The van der Waals surface area contributed by atoms with Crippen LogP contribution in [-0.2, 0) is 16.0 Å². The van der Waals surface area contributed by atoms with Gasteiger partial charge in [0.15, 0.2) is 0 Å². The summed E-state index contributed by atoms with van der Waals surface area (Å²) in [6.45, 7) is 14.5. The van der Waals surface area contributed by atoms with E-state index in [0.29, 0.717) is 5.75 Å². The number of ketones is 1. The maximum Gasteiger partial charge on any atom is 0.311 e. The minimum absolute atomic E-state index is 0.00176. The molecule has 0 spiro atoms. The Labute approximate surface area is 220 Å². The first-order chi connectivity index (χ1) is 17.1. The summed E-state index contributed by atoms with van der Waals surface area (Å²) in [5, 5.41) is 0. The molecule has 0 N–H and O–H groups in total. The van der Waals surface area contributed by atoms with Crippen LogP contribution in [0.5, 0.6) is 11.5 Å². The number of hydrogen-bond donors (Lipinski definition) is 0. The fourth-order valence-electron chi connectivity index (χ4n) is 5.47. The molecule has 0 radical (unpaired) electrons. The third kappa shape index (κ3) is 9.23. The van der Waals surface area contributed by atoms with Gasteiger partial charge in [0.2, 0.25) is 0 Å². The van der Waals surface area contributed by atoms with E-state index >= 15 is 0 Å². The third-order valence-electron chi connectivity index (χ3n) is 8.16. The molecule has 0 saturated heterocycles. The fraction of sp³-hybridized carbons (Fsp3) is 0.750. The smallest absolute Gasteiger partial charge is 0.311 e. The molecule has 2 atom stereocenters. The Hall–Kier alpha value is -1.84. The van der Waals surface area contributed by atoms with E-state index in [0.717, 1.165) is 53.2 Å². The highest BCUT2D eigenvalue weighted by Crippen LogP contribution is 2.45. The Morgan fingerprint density at radius 3 is 2.22 bits per heavy atom. The van der Waals surface area contributed by atoms with Gasteiger partial charge in [-0.1, -0.05) is 71.6 Å². The van der Waals surface area contributed by atoms with Gasteiger partial charge in [0, 0.05) is 12.0 Å². The van der Waals surface area contributed by atoms with Gasteiger partial charge < -0.3 is 14.3 Å². The first-order valence-electron chi connectivity index (χ1n) is 14.6. The van der Waals surface area contributed by atoms with Gasteiger partial charge in [-0.15, -0.1) is 0 Å². The van der Waals surface area contributed by atoms with Gasteiger partial charge in [-0.25, -0.2) is 0 Å². The average molecular weight is 501 g/mol. The first kappa shape index (κ1) is 30.4. The number of carbonyl (C=O) groups excluding carboxylic acids is 2. The summed E-state index contributed by atoms with van der Waals surface area (Å²) >= 11 is 0. The Balaban J connectivity index is 1.89. The SMILES string of the molecule is CCCCCCCCCC(C)CCCC1(C)CCc2c(C)c(OC(=O)CCC(C)=O)c(C)c(C)c2O1. The molecule has 4 nitrogen and oxygen atoms in total. The fourth-order valence-corrected chi connectivity index (χ4v) is 5.47. The largest absolute Gasteiger partial charge is 0.487 e. The van der Waals surface area contributed by atoms with Gasteiger partial charge in [0.05, 0.1) is 6.42 Å². The zero-order valence-electron chi connectivity index (χ0n) is 24.3. The summed E-state index contributed by atoms with van der Waals surface area (Å²) in [7, 11) is 0. The normalized spacial score (nSPS) is 17.9. The van der Waals surface area contributed by atoms with Crippen molar-refractivity contribution >= 4 is 11.8 Å². The average Bonchev–Trinajstić information content (AvgIpc) is 2.83. The second-order valence-corrected chi connectivity index (χ2v) is 11.6. The van der Waals surface area contributed by atoms with Crippen LogP contribution in [0.25, 0.3) is 0 Å². The first-order valence-corrected chi connectivity index (χ1v) is 14.6. The summed E-state index contributed by atoms with van der Waals surface area (Å²) in [4.78, 5) is 23.5. The number of carbonyl (C=O) groups is 2. The lowest BCUT2D eigenvalue weighted by atomic mass is 9.84. The number of rotatable bonds is 16. The minimum atomic E-state index is -0.345. The van der Waals surface area contributed by atoms with Crippen molar-refractivity contribution in [3.8, 4) is 11.5 Å². The van der Waals surface area contributed by atoms with Crippen LogP contribution < -0.4 is 9.47 Å². The van der Waals surface area contributed by atoms with Crippen molar-refractivity contribution in [1.29, 1.82) is 0 Å². The predicted octanol–water partition coefficient (Wildman–Crippen LogP) is 8.92. The van der Waals surface area contributed by atoms with Gasteiger partial charge in [-0.2, -0.15) is 0 Å². The molecule has 204 valence electrons. The molecule has 1 aliphatic heterocycles. The summed E-state index contributed by atoms with van der Waals surface area (Å²) < 4.78 is 12.4. The number of hydrogen-bond acceptors (Lipinski definition) is 4. The molecule has 1 heterocycles. The molecule has 36 heavy (non-hydrogen) atoms. The number of benzene rings is 1. The molecule has 1 aliphatic rings. The third-order valence-corrected chi connectivity index (χ3v) is 8.16. The van der Waals surface area contributed by atoms with Crippen molar-refractivity contribution in [2.75, 3.05) is 0 Å². The molecule has 0 saturated carbocycles. The lowest BCUT2D eigenvalue weighted by Crippen LogP contribution is -2.37. The molecule has 0 fully saturated rings. The van der Waals surface area contributed by atoms with Crippen LogP contribution in [0.15, 0.2) is 0 Å². The van der Waals surface area contributed by atoms with E-state index in [1.165, 1.54) is 71.1 Å². The minimum Gasteiger partial charge on any atom is -0.487 e. The summed E-state index contributed by atoms with van der Waals surface area (Å²) in [6.07, 6.45) is 16.8. The monoisotopic (exact) mass is 500 g/mol. The van der Waals surface area contributed by atoms with E-state index < -0.39 is 0 Å². The predicted molar refractivity (Wildman–Crippen MR) is 149 cm³/mol. The molecule has 2 unspecified atom stereocenters. The summed E-state index contributed by atoms with van der Waals surface area (Å²) in [5.74, 6) is 2.07. The lowest BCUT2D eigenvalue weighted by Gasteiger charge is -2.38. The molecule has 0 bridgehead atoms. The Kier molecular flexibility index (Phi) is 12.5. The molecule has 4 heteroatoms. The van der Waals surface area contributed by atoms with E-state index in [1.807, 2.05) is 13.8 Å². The summed E-state index contributed by atoms with van der Waals surface area (Å²) in [5.41, 5.74) is 4.03. The number of Topliss-reactive ketones (excluding diaryl/α,β-unsaturated/α-hetero) is 1. The lowest BCUT2D eigenvalue weighted by molar-refractivity contribution is -0.136. The van der Waals surface area contributed by atoms with Crippen LogP contribution in [0.1, 0.15) is 140 Å². The van der Waals surface area contributed by atoms with E-state index in [1.54, 1.807) is 0 Å². The maximum absolute atomic E-state index is 12.3. The zero-order valence-corrected chi connectivity index (χ0v) is 24.3. The van der Waals surface area contributed by atoms with Crippen molar-refractivity contribution in [3.05, 3.63) is 22.3 Å². The molecule has 1 aromatic rings. The van der Waals surface area contributed by atoms with E-state index in [9.17, 15) is 9.59 Å². The molecule has 0 aliphatic carbocycles. The van der Waals surface area contributed by atoms with E-state index in [2.05, 4.69) is 27.7 Å². The second kappa shape index (κ2) is 14.8. The molecule has 0 amide bonds. The molecule has 1 aromatic carbocycles. The highest BCUT2D eigenvalue weighted by molar-refractivity contribution is 5.82.